The number of hydrogen-bond donors (Lipinski definition) is 1. The summed E-state index contributed by atoms with van der Waals surface area (Å²) < 4.78 is 0. The Morgan fingerprint density at radius 3 is 2.50 bits per heavy atom. The Hall–Kier alpha value is -1.18. The van der Waals surface area contributed by atoms with Gasteiger partial charge in [-0.1, -0.05) is 0 Å². The van der Waals surface area contributed by atoms with Crippen molar-refractivity contribution in [2.75, 3.05) is 17.2 Å². The third-order valence-corrected chi connectivity index (χ3v) is 3.63. The van der Waals surface area contributed by atoms with Gasteiger partial charge < -0.3 is 10.6 Å². The molecule has 2 fully saturated rings. The standard InChI is InChI=1S/C12H16N2/c13-10-2-5-11(6-3-10)14-8-9-1-4-12(14)7-9/h2-3,5-6,9,12H,1,4,7-8,13H2/t9-,12-/m0/s1. The molecule has 2 heteroatoms. The van der Waals surface area contributed by atoms with E-state index in [9.17, 15) is 0 Å². The predicted molar refractivity (Wildman–Crippen MR) is 59.3 cm³/mol. The van der Waals surface area contributed by atoms with Crippen molar-refractivity contribution in [2.24, 2.45) is 5.92 Å². The SMILES string of the molecule is Nc1ccc(N2C[C@H]3CC[C@H]2C3)cc1. The fraction of sp³-hybridized carbons (Fsp3) is 0.500. The quantitative estimate of drug-likeness (QED) is 0.685. The number of benzene rings is 1. The summed E-state index contributed by atoms with van der Waals surface area (Å²) in [5.74, 6) is 0.956. The second-order valence-corrected chi connectivity index (χ2v) is 4.58. The molecule has 1 aliphatic carbocycles. The predicted octanol–water partition coefficient (Wildman–Crippen LogP) is 2.26. The highest BCUT2D eigenvalue weighted by molar-refractivity contribution is 5.54. The van der Waals surface area contributed by atoms with Crippen molar-refractivity contribution in [3.8, 4) is 0 Å². The van der Waals surface area contributed by atoms with Gasteiger partial charge in [-0.25, -0.2) is 0 Å². The largest absolute Gasteiger partial charge is 0.399 e. The van der Waals surface area contributed by atoms with E-state index in [0.717, 1.165) is 17.6 Å². The maximum absolute atomic E-state index is 5.68. The molecule has 2 aliphatic rings. The summed E-state index contributed by atoms with van der Waals surface area (Å²) in [4.78, 5) is 2.55. The molecule has 2 nitrogen and oxygen atoms in total. The minimum Gasteiger partial charge on any atom is -0.399 e. The lowest BCUT2D eigenvalue weighted by Crippen LogP contribution is -2.31. The van der Waals surface area contributed by atoms with Gasteiger partial charge in [-0.05, 0) is 49.4 Å². The van der Waals surface area contributed by atoms with Crippen molar-refractivity contribution in [3.63, 3.8) is 0 Å². The minimum absolute atomic E-state index is 0.809. The molecule has 1 aromatic rings. The van der Waals surface area contributed by atoms with Crippen LogP contribution in [-0.4, -0.2) is 12.6 Å². The smallest absolute Gasteiger partial charge is 0.0370 e. The molecule has 2 atom stereocenters. The molecular formula is C12H16N2. The summed E-state index contributed by atoms with van der Waals surface area (Å²) in [6.07, 6.45) is 4.23. The summed E-state index contributed by atoms with van der Waals surface area (Å²) in [5.41, 5.74) is 7.90. The van der Waals surface area contributed by atoms with Crippen LogP contribution in [0.4, 0.5) is 11.4 Å². The Bertz CT molecular complexity index is 331. The van der Waals surface area contributed by atoms with Gasteiger partial charge in [0, 0.05) is 24.0 Å². The van der Waals surface area contributed by atoms with Crippen molar-refractivity contribution in [1.29, 1.82) is 0 Å². The number of hydrogen-bond acceptors (Lipinski definition) is 2. The maximum atomic E-state index is 5.68. The van der Waals surface area contributed by atoms with Crippen molar-refractivity contribution >= 4 is 11.4 Å². The molecule has 0 radical (unpaired) electrons. The molecule has 1 aromatic carbocycles. The Balaban J connectivity index is 1.86. The van der Waals surface area contributed by atoms with E-state index < -0.39 is 0 Å². The molecule has 74 valence electrons. The molecule has 1 aliphatic heterocycles. The number of piperidine rings is 1. The van der Waals surface area contributed by atoms with Crippen LogP contribution in [0.25, 0.3) is 0 Å². The molecular weight excluding hydrogens is 172 g/mol. The Morgan fingerprint density at radius 1 is 1.14 bits per heavy atom. The van der Waals surface area contributed by atoms with Crippen LogP contribution in [0, 0.1) is 5.92 Å². The summed E-state index contributed by atoms with van der Waals surface area (Å²) in [6.45, 7) is 1.26. The van der Waals surface area contributed by atoms with Crippen LogP contribution in [-0.2, 0) is 0 Å². The second kappa shape index (κ2) is 2.91. The normalized spacial score (nSPS) is 29.9. The molecule has 14 heavy (non-hydrogen) atoms. The first-order valence-electron chi connectivity index (χ1n) is 5.45. The molecule has 1 saturated heterocycles. The topological polar surface area (TPSA) is 29.3 Å². The maximum Gasteiger partial charge on any atom is 0.0370 e. The minimum atomic E-state index is 0.809. The van der Waals surface area contributed by atoms with Gasteiger partial charge in [0.25, 0.3) is 0 Å². The first-order valence-corrected chi connectivity index (χ1v) is 5.45. The van der Waals surface area contributed by atoms with Gasteiger partial charge in [0.2, 0.25) is 0 Å². The van der Waals surface area contributed by atoms with Crippen LogP contribution >= 0.6 is 0 Å². The number of rotatable bonds is 1. The monoisotopic (exact) mass is 188 g/mol. The zero-order valence-corrected chi connectivity index (χ0v) is 8.32. The summed E-state index contributed by atoms with van der Waals surface area (Å²) in [5, 5.41) is 0. The van der Waals surface area contributed by atoms with E-state index >= 15 is 0 Å². The lowest BCUT2D eigenvalue weighted by atomic mass is 10.1. The van der Waals surface area contributed by atoms with Gasteiger partial charge in [0.1, 0.15) is 0 Å². The fourth-order valence-corrected chi connectivity index (χ4v) is 2.91. The summed E-state index contributed by atoms with van der Waals surface area (Å²) in [7, 11) is 0. The third kappa shape index (κ3) is 1.17. The van der Waals surface area contributed by atoms with Gasteiger partial charge in [-0.15, -0.1) is 0 Å². The van der Waals surface area contributed by atoms with Gasteiger partial charge in [-0.2, -0.15) is 0 Å². The molecule has 0 aromatic heterocycles. The molecule has 0 amide bonds. The van der Waals surface area contributed by atoms with Gasteiger partial charge in [0.15, 0.2) is 0 Å². The first kappa shape index (κ1) is 8.16. The van der Waals surface area contributed by atoms with E-state index in [-0.39, 0.29) is 0 Å². The third-order valence-electron chi connectivity index (χ3n) is 3.63. The van der Waals surface area contributed by atoms with Gasteiger partial charge in [-0.3, -0.25) is 0 Å². The van der Waals surface area contributed by atoms with Crippen LogP contribution in [0.5, 0.6) is 0 Å². The van der Waals surface area contributed by atoms with Crippen LogP contribution in [0.2, 0.25) is 0 Å². The van der Waals surface area contributed by atoms with Crippen molar-refractivity contribution in [3.05, 3.63) is 24.3 Å². The highest BCUT2D eigenvalue weighted by Gasteiger charge is 2.37. The van der Waals surface area contributed by atoms with Crippen LogP contribution < -0.4 is 10.6 Å². The Kier molecular flexibility index (Phi) is 1.69. The highest BCUT2D eigenvalue weighted by atomic mass is 15.2. The van der Waals surface area contributed by atoms with E-state index in [1.165, 1.54) is 31.5 Å². The molecule has 1 saturated carbocycles. The molecule has 0 unspecified atom stereocenters. The van der Waals surface area contributed by atoms with Crippen LogP contribution in [0.3, 0.4) is 0 Å². The average Bonchev–Trinajstić information content (AvgIpc) is 2.80. The number of anilines is 2. The van der Waals surface area contributed by atoms with E-state index in [4.69, 9.17) is 5.73 Å². The first-order chi connectivity index (χ1) is 6.83. The number of nitrogens with zero attached hydrogens (tertiary/aromatic N) is 1. The lowest BCUT2D eigenvalue weighted by Gasteiger charge is -2.29. The Labute approximate surface area is 84.7 Å². The van der Waals surface area contributed by atoms with Crippen LogP contribution in [0.1, 0.15) is 19.3 Å². The number of nitrogens with two attached hydrogens (primary N) is 1. The van der Waals surface area contributed by atoms with E-state index in [1.54, 1.807) is 0 Å². The van der Waals surface area contributed by atoms with Gasteiger partial charge in [0.05, 0.1) is 0 Å². The lowest BCUT2D eigenvalue weighted by molar-refractivity contribution is 0.553. The van der Waals surface area contributed by atoms with Gasteiger partial charge >= 0.3 is 0 Å². The second-order valence-electron chi connectivity index (χ2n) is 4.58. The molecule has 3 rings (SSSR count). The van der Waals surface area contributed by atoms with E-state index in [0.29, 0.717) is 0 Å². The van der Waals surface area contributed by atoms with E-state index in [2.05, 4.69) is 17.0 Å². The fourth-order valence-electron chi connectivity index (χ4n) is 2.91. The molecule has 2 N–H and O–H groups in total. The summed E-state index contributed by atoms with van der Waals surface area (Å²) in [6, 6.07) is 9.11. The molecule has 1 heterocycles. The van der Waals surface area contributed by atoms with Crippen molar-refractivity contribution in [2.45, 2.75) is 25.3 Å². The zero-order chi connectivity index (χ0) is 9.54. The average molecular weight is 188 g/mol. The number of fused-ring (bicyclic) bond motifs is 2. The highest BCUT2D eigenvalue weighted by Crippen LogP contribution is 2.40. The number of nitrogen functional groups attached to an aromatic ring is 1. The van der Waals surface area contributed by atoms with E-state index in [1.807, 2.05) is 12.1 Å². The van der Waals surface area contributed by atoms with Crippen molar-refractivity contribution < 1.29 is 0 Å². The van der Waals surface area contributed by atoms with Crippen molar-refractivity contribution in [1.82, 2.24) is 0 Å². The molecule has 2 bridgehead atoms. The summed E-state index contributed by atoms with van der Waals surface area (Å²) >= 11 is 0. The van der Waals surface area contributed by atoms with Crippen LogP contribution in [0.15, 0.2) is 24.3 Å². The zero-order valence-electron chi connectivity index (χ0n) is 8.32. The molecule has 0 spiro atoms. The Morgan fingerprint density at radius 2 is 1.93 bits per heavy atom.